The van der Waals surface area contributed by atoms with E-state index in [9.17, 15) is 14.4 Å². The monoisotopic (exact) mass is 277 g/mol. The Hall–Kier alpha value is -2.37. The Kier molecular flexibility index (Phi) is 4.34. The molecular formula is C14H15NO5. The first kappa shape index (κ1) is 14.0. The van der Waals surface area contributed by atoms with E-state index in [4.69, 9.17) is 9.47 Å². The summed E-state index contributed by atoms with van der Waals surface area (Å²) in [4.78, 5) is 34.3. The molecule has 106 valence electrons. The minimum atomic E-state index is -0.393. The first-order valence-corrected chi connectivity index (χ1v) is 6.35. The van der Waals surface area contributed by atoms with Crippen LogP contribution < -0.4 is 10.1 Å². The second-order valence-electron chi connectivity index (χ2n) is 4.38. The fourth-order valence-corrected chi connectivity index (χ4v) is 1.76. The van der Waals surface area contributed by atoms with Gasteiger partial charge in [0.15, 0.2) is 19.0 Å². The number of Topliss-reactive ketones (excluding diaryl/α,β-unsaturated/α-hetero) is 1. The van der Waals surface area contributed by atoms with E-state index >= 15 is 0 Å². The lowest BCUT2D eigenvalue weighted by atomic mass is 10.1. The Morgan fingerprint density at radius 1 is 1.40 bits per heavy atom. The van der Waals surface area contributed by atoms with Crippen LogP contribution in [0.5, 0.6) is 5.75 Å². The maximum absolute atomic E-state index is 11.9. The highest BCUT2D eigenvalue weighted by atomic mass is 16.5. The molecule has 1 heterocycles. The van der Waals surface area contributed by atoms with Crippen LogP contribution in [0.3, 0.4) is 0 Å². The molecule has 0 radical (unpaired) electrons. The number of anilines is 1. The standard InChI is InChI=1S/C14H15NO5/c1-2-3-14(18)20-7-11(16)9-4-5-12-10(6-9)15-13(17)8-19-12/h4-6H,2-3,7-8H2,1H3,(H,15,17). The predicted molar refractivity (Wildman–Crippen MR) is 70.8 cm³/mol. The summed E-state index contributed by atoms with van der Waals surface area (Å²) in [5.41, 5.74) is 0.811. The highest BCUT2D eigenvalue weighted by Crippen LogP contribution is 2.28. The van der Waals surface area contributed by atoms with Gasteiger partial charge >= 0.3 is 5.97 Å². The van der Waals surface area contributed by atoms with Crippen molar-refractivity contribution in [2.75, 3.05) is 18.5 Å². The molecule has 1 N–H and O–H groups in total. The normalized spacial score (nSPS) is 12.9. The summed E-state index contributed by atoms with van der Waals surface area (Å²) in [5, 5.41) is 2.62. The number of carbonyl (C=O) groups excluding carboxylic acids is 3. The molecule has 1 amide bonds. The number of amides is 1. The van der Waals surface area contributed by atoms with E-state index in [0.717, 1.165) is 0 Å². The first-order valence-electron chi connectivity index (χ1n) is 6.35. The lowest BCUT2D eigenvalue weighted by Crippen LogP contribution is -2.25. The van der Waals surface area contributed by atoms with Gasteiger partial charge in [-0.2, -0.15) is 0 Å². The van der Waals surface area contributed by atoms with Gasteiger partial charge in [-0.25, -0.2) is 0 Å². The smallest absolute Gasteiger partial charge is 0.306 e. The average Bonchev–Trinajstić information content (AvgIpc) is 2.44. The zero-order valence-corrected chi connectivity index (χ0v) is 11.1. The number of benzene rings is 1. The number of fused-ring (bicyclic) bond motifs is 1. The molecule has 0 bridgehead atoms. The average molecular weight is 277 g/mol. The molecular weight excluding hydrogens is 262 g/mol. The van der Waals surface area contributed by atoms with E-state index in [1.54, 1.807) is 12.1 Å². The molecule has 1 aromatic rings. The van der Waals surface area contributed by atoms with E-state index in [1.165, 1.54) is 6.07 Å². The Morgan fingerprint density at radius 2 is 2.20 bits per heavy atom. The van der Waals surface area contributed by atoms with E-state index in [-0.39, 0.29) is 24.9 Å². The second-order valence-corrected chi connectivity index (χ2v) is 4.38. The molecule has 0 unspecified atom stereocenters. The molecule has 0 spiro atoms. The van der Waals surface area contributed by atoms with Crippen LogP contribution in [0.1, 0.15) is 30.1 Å². The van der Waals surface area contributed by atoms with Crippen molar-refractivity contribution in [3.8, 4) is 5.75 Å². The molecule has 6 nitrogen and oxygen atoms in total. The number of ether oxygens (including phenoxy) is 2. The van der Waals surface area contributed by atoms with E-state index in [0.29, 0.717) is 29.8 Å². The van der Waals surface area contributed by atoms with Crippen LogP contribution in [-0.4, -0.2) is 30.9 Å². The molecule has 6 heteroatoms. The maximum atomic E-state index is 11.9. The van der Waals surface area contributed by atoms with Crippen molar-refractivity contribution in [3.63, 3.8) is 0 Å². The van der Waals surface area contributed by atoms with Gasteiger partial charge in [-0.1, -0.05) is 6.92 Å². The van der Waals surface area contributed by atoms with Crippen LogP contribution in [0.4, 0.5) is 5.69 Å². The SMILES string of the molecule is CCCC(=O)OCC(=O)c1ccc2c(c1)NC(=O)CO2. The Labute approximate surface area is 116 Å². The third-order valence-corrected chi connectivity index (χ3v) is 2.75. The van der Waals surface area contributed by atoms with Gasteiger partial charge in [-0.15, -0.1) is 0 Å². The van der Waals surface area contributed by atoms with Crippen molar-refractivity contribution >= 4 is 23.3 Å². The predicted octanol–water partition coefficient (Wildman–Crippen LogP) is 1.54. The lowest BCUT2D eigenvalue weighted by Gasteiger charge is -2.18. The highest BCUT2D eigenvalue weighted by molar-refractivity contribution is 6.01. The van der Waals surface area contributed by atoms with E-state index in [1.807, 2.05) is 6.92 Å². The number of hydrogen-bond donors (Lipinski definition) is 1. The van der Waals surface area contributed by atoms with Gasteiger partial charge in [0, 0.05) is 12.0 Å². The molecule has 1 aliphatic heterocycles. The number of hydrogen-bond acceptors (Lipinski definition) is 5. The summed E-state index contributed by atoms with van der Waals surface area (Å²) >= 11 is 0. The van der Waals surface area contributed by atoms with E-state index in [2.05, 4.69) is 5.32 Å². The van der Waals surface area contributed by atoms with Crippen molar-refractivity contribution in [2.45, 2.75) is 19.8 Å². The van der Waals surface area contributed by atoms with Crippen molar-refractivity contribution < 1.29 is 23.9 Å². The van der Waals surface area contributed by atoms with Gasteiger partial charge in [-0.3, -0.25) is 14.4 Å². The molecule has 20 heavy (non-hydrogen) atoms. The van der Waals surface area contributed by atoms with Gasteiger partial charge < -0.3 is 14.8 Å². The summed E-state index contributed by atoms with van der Waals surface area (Å²) < 4.78 is 10.0. The minimum absolute atomic E-state index is 0.0328. The summed E-state index contributed by atoms with van der Waals surface area (Å²) in [6, 6.07) is 4.70. The molecule has 0 saturated carbocycles. The fraction of sp³-hybridized carbons (Fsp3) is 0.357. The van der Waals surface area contributed by atoms with Crippen LogP contribution in [0.2, 0.25) is 0 Å². The molecule has 2 rings (SSSR count). The van der Waals surface area contributed by atoms with Crippen LogP contribution in [0.25, 0.3) is 0 Å². The first-order chi connectivity index (χ1) is 9.60. The van der Waals surface area contributed by atoms with Gasteiger partial charge in [0.25, 0.3) is 5.91 Å². The second kappa shape index (κ2) is 6.18. The fourth-order valence-electron chi connectivity index (χ4n) is 1.76. The van der Waals surface area contributed by atoms with Gasteiger partial charge in [0.05, 0.1) is 5.69 Å². The zero-order chi connectivity index (χ0) is 14.5. The minimum Gasteiger partial charge on any atom is -0.482 e. The van der Waals surface area contributed by atoms with Crippen molar-refractivity contribution in [1.29, 1.82) is 0 Å². The quantitative estimate of drug-likeness (QED) is 0.652. The number of nitrogens with one attached hydrogen (secondary N) is 1. The van der Waals surface area contributed by atoms with Gasteiger partial charge in [0.1, 0.15) is 5.75 Å². The number of ketones is 1. The third kappa shape index (κ3) is 3.34. The zero-order valence-electron chi connectivity index (χ0n) is 11.1. The summed E-state index contributed by atoms with van der Waals surface area (Å²) in [6.07, 6.45) is 0.969. The topological polar surface area (TPSA) is 81.7 Å². The van der Waals surface area contributed by atoms with Crippen molar-refractivity contribution in [2.24, 2.45) is 0 Å². The Morgan fingerprint density at radius 3 is 2.95 bits per heavy atom. The molecule has 0 fully saturated rings. The number of esters is 1. The van der Waals surface area contributed by atoms with Gasteiger partial charge in [-0.05, 0) is 24.6 Å². The van der Waals surface area contributed by atoms with Crippen LogP contribution in [-0.2, 0) is 14.3 Å². The molecule has 0 atom stereocenters. The number of rotatable bonds is 5. The highest BCUT2D eigenvalue weighted by Gasteiger charge is 2.18. The lowest BCUT2D eigenvalue weighted by molar-refractivity contribution is -0.142. The Balaban J connectivity index is 2.02. The van der Waals surface area contributed by atoms with E-state index < -0.39 is 5.97 Å². The largest absolute Gasteiger partial charge is 0.482 e. The van der Waals surface area contributed by atoms with Crippen LogP contribution in [0.15, 0.2) is 18.2 Å². The molecule has 0 aromatic heterocycles. The molecule has 1 aliphatic rings. The summed E-state index contributed by atoms with van der Waals surface area (Å²) in [7, 11) is 0. The van der Waals surface area contributed by atoms with Crippen molar-refractivity contribution in [1.82, 2.24) is 0 Å². The van der Waals surface area contributed by atoms with Crippen molar-refractivity contribution in [3.05, 3.63) is 23.8 Å². The van der Waals surface area contributed by atoms with Crippen LogP contribution in [0, 0.1) is 0 Å². The maximum Gasteiger partial charge on any atom is 0.306 e. The molecule has 1 aromatic carbocycles. The van der Waals surface area contributed by atoms with Crippen LogP contribution >= 0.6 is 0 Å². The third-order valence-electron chi connectivity index (χ3n) is 2.75. The van der Waals surface area contributed by atoms with Gasteiger partial charge in [0.2, 0.25) is 0 Å². The summed E-state index contributed by atoms with van der Waals surface area (Å²) in [6.45, 7) is 1.52. The number of carbonyl (C=O) groups is 3. The molecule has 0 saturated heterocycles. The summed E-state index contributed by atoms with van der Waals surface area (Å²) in [5.74, 6) is -0.465. The Bertz CT molecular complexity index is 552. The molecule has 0 aliphatic carbocycles.